The zero-order chi connectivity index (χ0) is 24.8. The first kappa shape index (κ1) is 23.4. The van der Waals surface area contributed by atoms with Gasteiger partial charge in [-0.1, -0.05) is 36.4 Å². The zero-order valence-corrected chi connectivity index (χ0v) is 19.3. The number of anilines is 1. The Morgan fingerprint density at radius 1 is 1.18 bits per heavy atom. The molecule has 0 aliphatic carbocycles. The highest BCUT2D eigenvalue weighted by Crippen LogP contribution is 2.53. The Hall–Kier alpha value is -3.78. The van der Waals surface area contributed by atoms with Crippen LogP contribution < -0.4 is 4.90 Å². The average molecular weight is 464 g/mol. The predicted molar refractivity (Wildman–Crippen MR) is 127 cm³/mol. The minimum absolute atomic E-state index is 0.0144. The van der Waals surface area contributed by atoms with Crippen molar-refractivity contribution < 1.29 is 23.9 Å². The van der Waals surface area contributed by atoms with E-state index in [9.17, 15) is 23.9 Å². The van der Waals surface area contributed by atoms with Crippen LogP contribution in [0, 0.1) is 12.7 Å². The van der Waals surface area contributed by atoms with Crippen molar-refractivity contribution in [3.63, 3.8) is 0 Å². The summed E-state index contributed by atoms with van der Waals surface area (Å²) in [6.07, 6.45) is 1.55. The van der Waals surface area contributed by atoms with Gasteiger partial charge in [0, 0.05) is 30.8 Å². The number of aliphatic hydroxyl groups is 1. The summed E-state index contributed by atoms with van der Waals surface area (Å²) >= 11 is 0. The lowest BCUT2D eigenvalue weighted by molar-refractivity contribution is -0.143. The Labute approximate surface area is 197 Å². The van der Waals surface area contributed by atoms with Gasteiger partial charge >= 0.3 is 0 Å². The van der Waals surface area contributed by atoms with Gasteiger partial charge < -0.3 is 19.8 Å². The van der Waals surface area contributed by atoms with E-state index in [2.05, 4.69) is 6.58 Å². The van der Waals surface area contributed by atoms with Crippen molar-refractivity contribution in [1.29, 1.82) is 0 Å². The molecule has 1 saturated heterocycles. The number of carbonyl (C=O) groups excluding carboxylic acids is 3. The summed E-state index contributed by atoms with van der Waals surface area (Å²) in [5, 5.41) is 11.3. The van der Waals surface area contributed by atoms with Gasteiger partial charge in [-0.25, -0.2) is 4.39 Å². The molecule has 2 aromatic rings. The van der Waals surface area contributed by atoms with Crippen LogP contribution >= 0.6 is 0 Å². The molecule has 0 aromatic heterocycles. The molecule has 2 aliphatic heterocycles. The van der Waals surface area contributed by atoms with Crippen molar-refractivity contribution in [1.82, 2.24) is 9.80 Å². The number of para-hydroxylation sites is 1. The summed E-state index contributed by atoms with van der Waals surface area (Å²) in [7, 11) is 3.62. The Balaban J connectivity index is 2.06. The molecule has 2 amide bonds. The van der Waals surface area contributed by atoms with Crippen LogP contribution in [-0.4, -0.2) is 66.2 Å². The minimum atomic E-state index is -1.87. The lowest BCUT2D eigenvalue weighted by atomic mass is 9.82. The molecule has 4 rings (SSSR count). The van der Waals surface area contributed by atoms with Gasteiger partial charge in [-0.05, 0) is 38.7 Å². The number of nitrogens with zero attached hydrogens (tertiary/aromatic N) is 3. The molecule has 0 saturated carbocycles. The number of halogens is 1. The number of likely N-dealkylation sites (tertiary alicyclic amines) is 1. The van der Waals surface area contributed by atoms with Crippen LogP contribution in [-0.2, 0) is 19.9 Å². The van der Waals surface area contributed by atoms with Gasteiger partial charge in [-0.2, -0.15) is 0 Å². The van der Waals surface area contributed by atoms with Crippen LogP contribution in [0.1, 0.15) is 16.7 Å². The quantitative estimate of drug-likeness (QED) is 0.308. The average Bonchev–Trinajstić information content (AvgIpc) is 3.18. The molecule has 2 aliphatic rings. The molecule has 1 atom stereocenters. The molecule has 1 spiro atoms. The maximum atomic E-state index is 14.3. The first-order valence-corrected chi connectivity index (χ1v) is 10.9. The fourth-order valence-electron chi connectivity index (χ4n) is 4.66. The Morgan fingerprint density at radius 3 is 2.53 bits per heavy atom. The van der Waals surface area contributed by atoms with E-state index in [0.717, 1.165) is 6.07 Å². The second-order valence-electron chi connectivity index (χ2n) is 8.71. The molecule has 34 heavy (non-hydrogen) atoms. The summed E-state index contributed by atoms with van der Waals surface area (Å²) in [5.74, 6) is -3.58. The first-order chi connectivity index (χ1) is 16.2. The van der Waals surface area contributed by atoms with Crippen LogP contribution in [0.25, 0.3) is 5.76 Å². The topological polar surface area (TPSA) is 81.2 Å². The second-order valence-corrected chi connectivity index (χ2v) is 8.71. The van der Waals surface area contributed by atoms with Crippen LogP contribution in [0.4, 0.5) is 10.1 Å². The molecule has 0 unspecified atom stereocenters. The van der Waals surface area contributed by atoms with Crippen LogP contribution in [0.5, 0.6) is 0 Å². The number of carbonyl (C=O) groups is 3. The third kappa shape index (κ3) is 3.25. The normalized spacial score (nSPS) is 21.1. The Morgan fingerprint density at radius 2 is 1.88 bits per heavy atom. The van der Waals surface area contributed by atoms with Gasteiger partial charge in [0.15, 0.2) is 5.54 Å². The molecule has 0 radical (unpaired) electrons. The molecule has 2 aromatic carbocycles. The van der Waals surface area contributed by atoms with E-state index in [1.165, 1.54) is 21.9 Å². The number of hydrogen-bond acceptors (Lipinski definition) is 5. The molecule has 176 valence electrons. The third-order valence-corrected chi connectivity index (χ3v) is 6.34. The van der Waals surface area contributed by atoms with E-state index >= 15 is 0 Å². The van der Waals surface area contributed by atoms with Crippen LogP contribution in [0.3, 0.4) is 0 Å². The van der Waals surface area contributed by atoms with E-state index in [1.807, 2.05) is 19.0 Å². The molecule has 0 bridgehead atoms. The number of fused-ring (bicyclic) bond motifs is 2. The summed E-state index contributed by atoms with van der Waals surface area (Å²) in [5.41, 5.74) is -0.921. The van der Waals surface area contributed by atoms with E-state index < -0.39 is 34.7 Å². The SMILES string of the molecule is C=CCN1C(=O)[C@]2(C(=C(O)c3ccc(C)c(F)c3)C(=O)C(=O)N2CCN(C)C)c2ccccc21. The van der Waals surface area contributed by atoms with Gasteiger partial charge in [0.25, 0.3) is 17.6 Å². The smallest absolute Gasteiger partial charge is 0.296 e. The molecule has 2 heterocycles. The highest BCUT2D eigenvalue weighted by atomic mass is 19.1. The van der Waals surface area contributed by atoms with Gasteiger partial charge in [0.05, 0.1) is 11.3 Å². The number of benzene rings is 2. The van der Waals surface area contributed by atoms with Crippen molar-refractivity contribution >= 4 is 29.0 Å². The number of hydrogen-bond donors (Lipinski definition) is 1. The van der Waals surface area contributed by atoms with Gasteiger partial charge in [-0.15, -0.1) is 6.58 Å². The molecule has 1 fully saturated rings. The lowest BCUT2D eigenvalue weighted by Crippen LogP contribution is -2.53. The molecule has 7 nitrogen and oxygen atoms in total. The molecule has 1 N–H and O–H groups in total. The van der Waals surface area contributed by atoms with Crippen LogP contribution in [0.2, 0.25) is 0 Å². The van der Waals surface area contributed by atoms with Gasteiger partial charge in [0.2, 0.25) is 0 Å². The van der Waals surface area contributed by atoms with Crippen molar-refractivity contribution in [2.45, 2.75) is 12.5 Å². The lowest BCUT2D eigenvalue weighted by Gasteiger charge is -2.35. The molecular formula is C26H26FN3O4. The summed E-state index contributed by atoms with van der Waals surface area (Å²) < 4.78 is 14.3. The number of aryl methyl sites for hydroxylation is 1. The van der Waals surface area contributed by atoms with Crippen LogP contribution in [0.15, 0.2) is 60.7 Å². The molecule has 8 heteroatoms. The third-order valence-electron chi connectivity index (χ3n) is 6.34. The van der Waals surface area contributed by atoms with Gasteiger partial charge in [0.1, 0.15) is 11.6 Å². The maximum absolute atomic E-state index is 14.3. The monoisotopic (exact) mass is 463 g/mol. The van der Waals surface area contributed by atoms with Gasteiger partial charge in [-0.3, -0.25) is 14.4 Å². The van der Waals surface area contributed by atoms with E-state index in [-0.39, 0.29) is 24.2 Å². The zero-order valence-electron chi connectivity index (χ0n) is 19.3. The highest BCUT2D eigenvalue weighted by Gasteiger charge is 2.66. The van der Waals surface area contributed by atoms with E-state index in [1.54, 1.807) is 37.3 Å². The van der Waals surface area contributed by atoms with Crippen molar-refractivity contribution in [2.24, 2.45) is 0 Å². The maximum Gasteiger partial charge on any atom is 0.296 e. The first-order valence-electron chi connectivity index (χ1n) is 10.9. The number of rotatable bonds is 6. The second kappa shape index (κ2) is 8.53. The largest absolute Gasteiger partial charge is 0.507 e. The van der Waals surface area contributed by atoms with Crippen molar-refractivity contribution in [3.05, 3.63) is 83.2 Å². The number of ketones is 1. The minimum Gasteiger partial charge on any atom is -0.507 e. The Bertz CT molecular complexity index is 1250. The van der Waals surface area contributed by atoms with Crippen molar-refractivity contribution in [3.8, 4) is 0 Å². The number of amides is 2. The molecular weight excluding hydrogens is 437 g/mol. The predicted octanol–water partition coefficient (Wildman–Crippen LogP) is 2.80. The van der Waals surface area contributed by atoms with E-state index in [0.29, 0.717) is 23.4 Å². The fraction of sp³-hybridized carbons (Fsp3) is 0.269. The summed E-state index contributed by atoms with van der Waals surface area (Å²) in [6.45, 7) is 5.89. The summed E-state index contributed by atoms with van der Waals surface area (Å²) in [4.78, 5) is 45.3. The standard InChI is InChI=1S/C26H26FN3O4/c1-5-12-29-20-9-7-6-8-18(20)26(25(29)34)21(22(31)17-11-10-16(2)19(27)15-17)23(32)24(33)30(26)14-13-28(3)4/h5-11,15,31H,1,12-14H2,2-4H3/t26-/m1/s1. The number of Topliss-reactive ketones (excluding diaryl/α,β-unsaturated/α-hetero) is 1. The van der Waals surface area contributed by atoms with Crippen molar-refractivity contribution in [2.75, 3.05) is 38.6 Å². The number of likely N-dealkylation sites (N-methyl/N-ethyl adjacent to an activating group) is 1. The van der Waals surface area contributed by atoms with E-state index in [4.69, 9.17) is 0 Å². The fourth-order valence-corrected chi connectivity index (χ4v) is 4.66. The number of aliphatic hydroxyl groups excluding tert-OH is 1. The summed E-state index contributed by atoms with van der Waals surface area (Å²) in [6, 6.07) is 10.9. The Kier molecular flexibility index (Phi) is 5.87. The highest BCUT2D eigenvalue weighted by molar-refractivity contribution is 6.50.